The third-order valence-corrected chi connectivity index (χ3v) is 4.42. The van der Waals surface area contributed by atoms with Crippen molar-refractivity contribution in [1.29, 1.82) is 0 Å². The van der Waals surface area contributed by atoms with Gasteiger partial charge in [-0.1, -0.05) is 19.5 Å². The normalized spacial score (nSPS) is 15.0. The highest BCUT2D eigenvalue weighted by atomic mass is 28.3. The molecule has 1 unspecified atom stereocenters. The molecule has 0 heterocycles. The average molecular weight is 117 g/mol. The van der Waals surface area contributed by atoms with Gasteiger partial charge in [-0.3, -0.25) is 0 Å². The Bertz CT molecular complexity index is 45.3. The van der Waals surface area contributed by atoms with Crippen molar-refractivity contribution >= 4 is 8.96 Å². The molecule has 0 fully saturated rings. The molecule has 7 heavy (non-hydrogen) atoms. The van der Waals surface area contributed by atoms with Crippen molar-refractivity contribution in [2.75, 3.05) is 14.1 Å². The molecule has 0 N–H and O–H groups in total. The Hall–Kier alpha value is 0.177. The second-order valence-electron chi connectivity index (χ2n) is 2.22. The number of hydrogen-bond acceptors (Lipinski definition) is 1. The van der Waals surface area contributed by atoms with Crippen molar-refractivity contribution in [3.05, 3.63) is 0 Å². The smallest absolute Gasteiger partial charge is 0.107 e. The van der Waals surface area contributed by atoms with Crippen LogP contribution in [0.25, 0.3) is 0 Å². The molecule has 0 aromatic heterocycles. The largest absolute Gasteiger partial charge is 0.332 e. The Labute approximate surface area is 48.0 Å². The Morgan fingerprint density at radius 1 is 1.43 bits per heavy atom. The van der Waals surface area contributed by atoms with E-state index < -0.39 is 8.96 Å². The van der Waals surface area contributed by atoms with Crippen LogP contribution >= 0.6 is 0 Å². The molecular formula is C5H15NSi. The fourth-order valence-electron chi connectivity index (χ4n) is 0.365. The highest BCUT2D eigenvalue weighted by Crippen LogP contribution is 1.90. The molecule has 2 heteroatoms. The van der Waals surface area contributed by atoms with Crippen LogP contribution in [-0.2, 0) is 0 Å². The van der Waals surface area contributed by atoms with E-state index in [0.717, 1.165) is 0 Å². The first-order valence-electron chi connectivity index (χ1n) is 2.85. The third kappa shape index (κ3) is 2.82. The fourth-order valence-corrected chi connectivity index (χ4v) is 1.10. The van der Waals surface area contributed by atoms with Crippen molar-refractivity contribution < 1.29 is 0 Å². The Morgan fingerprint density at radius 2 is 1.86 bits per heavy atom. The SMILES string of the molecule is CC[SiH](C)N(C)C. The van der Waals surface area contributed by atoms with E-state index in [1.807, 2.05) is 0 Å². The van der Waals surface area contributed by atoms with Gasteiger partial charge in [-0.2, -0.15) is 0 Å². The summed E-state index contributed by atoms with van der Waals surface area (Å²) in [7, 11) is 3.91. The lowest BCUT2D eigenvalue weighted by atomic mass is 11.0. The van der Waals surface area contributed by atoms with Gasteiger partial charge >= 0.3 is 0 Å². The summed E-state index contributed by atoms with van der Waals surface area (Å²) in [6, 6.07) is 1.38. The van der Waals surface area contributed by atoms with E-state index in [9.17, 15) is 0 Å². The van der Waals surface area contributed by atoms with Crippen molar-refractivity contribution in [3.63, 3.8) is 0 Å². The number of rotatable bonds is 2. The molecule has 0 aromatic carbocycles. The lowest BCUT2D eigenvalue weighted by Crippen LogP contribution is -2.27. The van der Waals surface area contributed by atoms with Crippen LogP contribution in [0.1, 0.15) is 6.92 Å². The zero-order valence-corrected chi connectivity index (χ0v) is 6.89. The van der Waals surface area contributed by atoms with Crippen LogP contribution < -0.4 is 0 Å². The topological polar surface area (TPSA) is 3.24 Å². The highest BCUT2D eigenvalue weighted by Gasteiger charge is 1.99. The molecule has 0 radical (unpaired) electrons. The van der Waals surface area contributed by atoms with Crippen LogP contribution in [0, 0.1) is 0 Å². The zero-order chi connectivity index (χ0) is 5.86. The maximum atomic E-state index is 2.36. The molecule has 0 rings (SSSR count). The predicted octanol–water partition coefficient (Wildman–Crippen LogP) is 0.921. The molecule has 44 valence electrons. The van der Waals surface area contributed by atoms with E-state index in [1.165, 1.54) is 6.04 Å². The molecular weight excluding hydrogens is 102 g/mol. The molecule has 0 aliphatic heterocycles. The van der Waals surface area contributed by atoms with E-state index in [-0.39, 0.29) is 0 Å². The minimum Gasteiger partial charge on any atom is -0.332 e. The minimum atomic E-state index is -0.421. The Balaban J connectivity index is 3.14. The molecule has 1 nitrogen and oxygen atoms in total. The van der Waals surface area contributed by atoms with Crippen molar-refractivity contribution in [3.8, 4) is 0 Å². The van der Waals surface area contributed by atoms with E-state index >= 15 is 0 Å². The second-order valence-corrected chi connectivity index (χ2v) is 5.77. The van der Waals surface area contributed by atoms with Gasteiger partial charge in [0.25, 0.3) is 0 Å². The first kappa shape index (κ1) is 7.18. The summed E-state index contributed by atoms with van der Waals surface area (Å²) >= 11 is 0. The van der Waals surface area contributed by atoms with Gasteiger partial charge in [0, 0.05) is 0 Å². The average Bonchev–Trinajstić information content (AvgIpc) is 1.65. The molecule has 0 aliphatic carbocycles. The van der Waals surface area contributed by atoms with Crippen LogP contribution in [0.5, 0.6) is 0 Å². The first-order valence-corrected chi connectivity index (χ1v) is 5.33. The molecule has 0 saturated carbocycles. The van der Waals surface area contributed by atoms with Gasteiger partial charge in [-0.15, -0.1) is 0 Å². The molecule has 0 spiro atoms. The van der Waals surface area contributed by atoms with Gasteiger partial charge in [0.1, 0.15) is 8.96 Å². The van der Waals surface area contributed by atoms with Gasteiger partial charge in [0.15, 0.2) is 0 Å². The molecule has 0 saturated heterocycles. The van der Waals surface area contributed by atoms with E-state index in [1.54, 1.807) is 0 Å². The van der Waals surface area contributed by atoms with Crippen LogP contribution in [-0.4, -0.2) is 27.6 Å². The lowest BCUT2D eigenvalue weighted by molar-refractivity contribution is 0.641. The molecule has 1 atom stereocenters. The monoisotopic (exact) mass is 117 g/mol. The molecule has 0 bridgehead atoms. The minimum absolute atomic E-state index is 0.421. The van der Waals surface area contributed by atoms with Gasteiger partial charge in [0.2, 0.25) is 0 Å². The number of hydrogen-bond donors (Lipinski definition) is 0. The van der Waals surface area contributed by atoms with E-state index in [0.29, 0.717) is 0 Å². The lowest BCUT2D eigenvalue weighted by Gasteiger charge is -2.14. The van der Waals surface area contributed by atoms with E-state index in [4.69, 9.17) is 0 Å². The van der Waals surface area contributed by atoms with Crippen molar-refractivity contribution in [2.45, 2.75) is 19.5 Å². The Morgan fingerprint density at radius 3 is 1.86 bits per heavy atom. The summed E-state index contributed by atoms with van der Waals surface area (Å²) in [6.45, 7) is 4.62. The summed E-state index contributed by atoms with van der Waals surface area (Å²) in [5.41, 5.74) is 0. The number of nitrogens with zero attached hydrogens (tertiary/aromatic N) is 1. The van der Waals surface area contributed by atoms with Crippen LogP contribution in [0.3, 0.4) is 0 Å². The predicted molar refractivity (Wildman–Crippen MR) is 37.2 cm³/mol. The van der Waals surface area contributed by atoms with Crippen molar-refractivity contribution in [1.82, 2.24) is 4.57 Å². The van der Waals surface area contributed by atoms with Crippen LogP contribution in [0.2, 0.25) is 12.6 Å². The molecule has 0 amide bonds. The summed E-state index contributed by atoms with van der Waals surface area (Å²) in [5, 5.41) is 0. The van der Waals surface area contributed by atoms with E-state index in [2.05, 4.69) is 32.1 Å². The summed E-state index contributed by atoms with van der Waals surface area (Å²) in [4.78, 5) is 0. The molecule has 0 aliphatic rings. The second kappa shape index (κ2) is 3.21. The van der Waals surface area contributed by atoms with Gasteiger partial charge < -0.3 is 4.57 Å². The zero-order valence-electron chi connectivity index (χ0n) is 5.73. The summed E-state index contributed by atoms with van der Waals surface area (Å²) < 4.78 is 2.36. The van der Waals surface area contributed by atoms with Crippen LogP contribution in [0.15, 0.2) is 0 Å². The maximum Gasteiger partial charge on any atom is 0.107 e. The quantitative estimate of drug-likeness (QED) is 0.486. The maximum absolute atomic E-state index is 2.36. The van der Waals surface area contributed by atoms with Gasteiger partial charge in [-0.05, 0) is 14.1 Å². The molecule has 0 aromatic rings. The fraction of sp³-hybridized carbons (Fsp3) is 1.00. The highest BCUT2D eigenvalue weighted by molar-refractivity contribution is 6.53. The van der Waals surface area contributed by atoms with Gasteiger partial charge in [-0.25, -0.2) is 0 Å². The summed E-state index contributed by atoms with van der Waals surface area (Å²) in [5.74, 6) is 0. The standard InChI is InChI=1S/C5H15NSi/c1-5-7(4)6(2)3/h7H,5H2,1-4H3. The third-order valence-electron chi connectivity index (χ3n) is 1.47. The first-order chi connectivity index (χ1) is 3.18. The van der Waals surface area contributed by atoms with Crippen LogP contribution in [0.4, 0.5) is 0 Å². The Kier molecular flexibility index (Phi) is 3.30. The van der Waals surface area contributed by atoms with Crippen molar-refractivity contribution in [2.24, 2.45) is 0 Å². The van der Waals surface area contributed by atoms with Gasteiger partial charge in [0.05, 0.1) is 0 Å². The summed E-state index contributed by atoms with van der Waals surface area (Å²) in [6.07, 6.45) is 0.